The summed E-state index contributed by atoms with van der Waals surface area (Å²) in [6.45, 7) is 4.97. The van der Waals surface area contributed by atoms with Gasteiger partial charge in [0.25, 0.3) is 0 Å². The summed E-state index contributed by atoms with van der Waals surface area (Å²) in [6, 6.07) is -0.332. The molecule has 1 saturated heterocycles. The topological polar surface area (TPSA) is 67.6 Å². The van der Waals surface area contributed by atoms with Crippen LogP contribution in [0.25, 0.3) is 0 Å². The minimum Gasteiger partial charge on any atom is -0.378 e. The van der Waals surface area contributed by atoms with Crippen LogP contribution < -0.4 is 11.4 Å². The van der Waals surface area contributed by atoms with Gasteiger partial charge < -0.3 is 4.74 Å². The molecule has 3 N–H and O–H groups in total. The second kappa shape index (κ2) is 4.32. The van der Waals surface area contributed by atoms with E-state index in [1.807, 2.05) is 0 Å². The van der Waals surface area contributed by atoms with Crippen LogP contribution in [0.5, 0.6) is 0 Å². The SMILES string of the molecule is C=CC(=O)C1COCCN1NN. The Morgan fingerprint density at radius 2 is 2.58 bits per heavy atom. The van der Waals surface area contributed by atoms with Crippen LogP contribution >= 0.6 is 0 Å². The molecular weight excluding hydrogens is 158 g/mol. The number of nitrogens with zero attached hydrogens (tertiary/aromatic N) is 1. The van der Waals surface area contributed by atoms with Crippen LogP contribution in [0, 0.1) is 0 Å². The molecule has 0 radical (unpaired) electrons. The normalized spacial score (nSPS) is 25.2. The van der Waals surface area contributed by atoms with Crippen molar-refractivity contribution in [1.29, 1.82) is 0 Å². The first-order chi connectivity index (χ1) is 5.79. The summed E-state index contributed by atoms with van der Waals surface area (Å²) in [5, 5.41) is 1.65. The fraction of sp³-hybridized carbons (Fsp3) is 0.571. The quantitative estimate of drug-likeness (QED) is 0.318. The summed E-state index contributed by atoms with van der Waals surface area (Å²) < 4.78 is 5.13. The minimum atomic E-state index is -0.332. The van der Waals surface area contributed by atoms with Crippen LogP contribution in [-0.4, -0.2) is 36.6 Å². The zero-order valence-corrected chi connectivity index (χ0v) is 6.82. The van der Waals surface area contributed by atoms with Gasteiger partial charge in [-0.1, -0.05) is 6.58 Å². The standard InChI is InChI=1S/C7H13N3O2/c1-2-7(11)6-5-12-4-3-10(6)9-8/h2,6,9H,1,3-5,8H2. The van der Waals surface area contributed by atoms with E-state index in [1.165, 1.54) is 6.08 Å². The molecule has 0 spiro atoms. The number of rotatable bonds is 3. The highest BCUT2D eigenvalue weighted by Gasteiger charge is 2.26. The van der Waals surface area contributed by atoms with Crippen molar-refractivity contribution < 1.29 is 9.53 Å². The molecule has 0 bridgehead atoms. The van der Waals surface area contributed by atoms with E-state index in [0.29, 0.717) is 19.8 Å². The average Bonchev–Trinajstić information content (AvgIpc) is 2.16. The first-order valence-corrected chi connectivity index (χ1v) is 3.76. The van der Waals surface area contributed by atoms with Gasteiger partial charge in [-0.15, -0.1) is 0 Å². The number of hydrogen-bond acceptors (Lipinski definition) is 5. The van der Waals surface area contributed by atoms with E-state index >= 15 is 0 Å². The molecule has 0 aromatic heterocycles. The molecule has 0 saturated carbocycles. The van der Waals surface area contributed by atoms with E-state index in [1.54, 1.807) is 5.01 Å². The zero-order chi connectivity index (χ0) is 8.97. The number of nitrogens with two attached hydrogens (primary N) is 1. The second-order valence-corrected chi connectivity index (χ2v) is 2.52. The molecule has 5 nitrogen and oxygen atoms in total. The Balaban J connectivity index is 2.58. The minimum absolute atomic E-state index is 0.0762. The van der Waals surface area contributed by atoms with Gasteiger partial charge in [-0.3, -0.25) is 10.6 Å². The predicted octanol–water partition coefficient (Wildman–Crippen LogP) is -1.18. The summed E-state index contributed by atoms with van der Waals surface area (Å²) in [6.07, 6.45) is 1.28. The average molecular weight is 171 g/mol. The molecular formula is C7H13N3O2. The molecule has 1 fully saturated rings. The van der Waals surface area contributed by atoms with Crippen LogP contribution in [0.4, 0.5) is 0 Å². The van der Waals surface area contributed by atoms with E-state index in [4.69, 9.17) is 10.6 Å². The molecule has 1 unspecified atom stereocenters. The number of hydrogen-bond donors (Lipinski definition) is 2. The van der Waals surface area contributed by atoms with Crippen molar-refractivity contribution in [2.45, 2.75) is 6.04 Å². The summed E-state index contributed by atoms with van der Waals surface area (Å²) in [5.74, 6) is 5.14. The molecule has 1 rings (SSSR count). The highest BCUT2D eigenvalue weighted by molar-refractivity contribution is 5.93. The first kappa shape index (κ1) is 9.34. The summed E-state index contributed by atoms with van der Waals surface area (Å²) in [4.78, 5) is 11.2. The van der Waals surface area contributed by atoms with Crippen molar-refractivity contribution in [2.24, 2.45) is 5.84 Å². The monoisotopic (exact) mass is 171 g/mol. The lowest BCUT2D eigenvalue weighted by atomic mass is 10.1. The van der Waals surface area contributed by atoms with Gasteiger partial charge in [0.2, 0.25) is 0 Å². The Morgan fingerprint density at radius 3 is 3.17 bits per heavy atom. The van der Waals surface area contributed by atoms with Crippen LogP contribution in [-0.2, 0) is 9.53 Å². The summed E-state index contributed by atoms with van der Waals surface area (Å²) >= 11 is 0. The predicted molar refractivity (Wildman–Crippen MR) is 43.8 cm³/mol. The first-order valence-electron chi connectivity index (χ1n) is 3.76. The lowest BCUT2D eigenvalue weighted by molar-refractivity contribution is -0.128. The highest BCUT2D eigenvalue weighted by Crippen LogP contribution is 2.04. The van der Waals surface area contributed by atoms with Crippen molar-refractivity contribution in [3.8, 4) is 0 Å². The molecule has 12 heavy (non-hydrogen) atoms. The second-order valence-electron chi connectivity index (χ2n) is 2.52. The number of hydrazine groups is 2. The van der Waals surface area contributed by atoms with E-state index in [2.05, 4.69) is 12.1 Å². The number of morpholine rings is 1. The van der Waals surface area contributed by atoms with Crippen molar-refractivity contribution in [3.05, 3.63) is 12.7 Å². The Labute approximate surface area is 71.1 Å². The maximum Gasteiger partial charge on any atom is 0.175 e. The Hall–Kier alpha value is -0.750. The lowest BCUT2D eigenvalue weighted by Gasteiger charge is -2.32. The van der Waals surface area contributed by atoms with Crippen LogP contribution in [0.1, 0.15) is 0 Å². The number of carbonyl (C=O) groups excluding carboxylic acids is 1. The maximum absolute atomic E-state index is 11.2. The smallest absolute Gasteiger partial charge is 0.175 e. The number of nitrogens with one attached hydrogen (secondary N) is 1. The van der Waals surface area contributed by atoms with Gasteiger partial charge in [-0.05, 0) is 6.08 Å². The lowest BCUT2D eigenvalue weighted by Crippen LogP contribution is -2.57. The fourth-order valence-electron chi connectivity index (χ4n) is 1.13. The number of ketones is 1. The Kier molecular flexibility index (Phi) is 3.36. The van der Waals surface area contributed by atoms with Crippen molar-refractivity contribution in [1.82, 2.24) is 10.5 Å². The van der Waals surface area contributed by atoms with Gasteiger partial charge in [0.05, 0.1) is 13.2 Å². The summed E-state index contributed by atoms with van der Waals surface area (Å²) in [5.41, 5.74) is 2.45. The van der Waals surface area contributed by atoms with E-state index < -0.39 is 0 Å². The van der Waals surface area contributed by atoms with Gasteiger partial charge in [0, 0.05) is 6.54 Å². The zero-order valence-electron chi connectivity index (χ0n) is 6.82. The summed E-state index contributed by atoms with van der Waals surface area (Å²) in [7, 11) is 0. The highest BCUT2D eigenvalue weighted by atomic mass is 16.5. The molecule has 0 aromatic rings. The molecule has 68 valence electrons. The molecule has 1 atom stereocenters. The van der Waals surface area contributed by atoms with Gasteiger partial charge in [-0.25, -0.2) is 5.01 Å². The number of carbonyl (C=O) groups is 1. The molecule has 1 aliphatic heterocycles. The largest absolute Gasteiger partial charge is 0.378 e. The third kappa shape index (κ3) is 1.89. The van der Waals surface area contributed by atoms with Crippen LogP contribution in [0.2, 0.25) is 0 Å². The van der Waals surface area contributed by atoms with Crippen LogP contribution in [0.15, 0.2) is 12.7 Å². The van der Waals surface area contributed by atoms with Crippen molar-refractivity contribution >= 4 is 5.78 Å². The van der Waals surface area contributed by atoms with Gasteiger partial charge in [0.1, 0.15) is 6.04 Å². The van der Waals surface area contributed by atoms with E-state index in [-0.39, 0.29) is 11.8 Å². The molecule has 0 amide bonds. The maximum atomic E-state index is 11.2. The molecule has 1 aliphatic rings. The molecule has 5 heteroatoms. The van der Waals surface area contributed by atoms with Crippen molar-refractivity contribution in [2.75, 3.05) is 19.8 Å². The molecule has 0 aromatic carbocycles. The van der Waals surface area contributed by atoms with Gasteiger partial charge in [-0.2, -0.15) is 5.53 Å². The van der Waals surface area contributed by atoms with Crippen molar-refractivity contribution in [3.63, 3.8) is 0 Å². The molecule has 0 aliphatic carbocycles. The third-order valence-electron chi connectivity index (χ3n) is 1.82. The Bertz CT molecular complexity index is 183. The Morgan fingerprint density at radius 1 is 1.83 bits per heavy atom. The van der Waals surface area contributed by atoms with Gasteiger partial charge in [0.15, 0.2) is 5.78 Å². The fourth-order valence-corrected chi connectivity index (χ4v) is 1.13. The van der Waals surface area contributed by atoms with Gasteiger partial charge >= 0.3 is 0 Å². The third-order valence-corrected chi connectivity index (χ3v) is 1.82. The number of ether oxygens (including phenoxy) is 1. The molecule has 1 heterocycles. The van der Waals surface area contributed by atoms with Crippen LogP contribution in [0.3, 0.4) is 0 Å². The van der Waals surface area contributed by atoms with E-state index in [9.17, 15) is 4.79 Å². The van der Waals surface area contributed by atoms with E-state index in [0.717, 1.165) is 0 Å².